The second kappa shape index (κ2) is 7.00. The second-order valence-electron chi connectivity index (χ2n) is 5.26. The molecule has 0 amide bonds. The number of hydrogen-bond donors (Lipinski definition) is 1. The first-order valence-corrected chi connectivity index (χ1v) is 6.82. The van der Waals surface area contributed by atoms with Gasteiger partial charge in [0.05, 0.1) is 0 Å². The molecule has 2 atom stereocenters. The molecular formula is C13H15Cl2N3O3. The Balaban J connectivity index is 3.17. The highest BCUT2D eigenvalue weighted by Crippen LogP contribution is 2.33. The molecule has 0 bridgehead atoms. The summed E-state index contributed by atoms with van der Waals surface area (Å²) in [6.07, 6.45) is -1.50. The average Bonchev–Trinajstić information content (AvgIpc) is 2.33. The van der Waals surface area contributed by atoms with Crippen LogP contribution < -0.4 is 0 Å². The molecule has 1 aromatic rings. The Labute approximate surface area is 132 Å². The number of halogens is 2. The normalized spacial score (nSPS) is 14.0. The van der Waals surface area contributed by atoms with Crippen molar-refractivity contribution < 1.29 is 14.6 Å². The van der Waals surface area contributed by atoms with Crippen LogP contribution in [-0.4, -0.2) is 22.7 Å². The van der Waals surface area contributed by atoms with Gasteiger partial charge in [0.2, 0.25) is 0 Å². The summed E-state index contributed by atoms with van der Waals surface area (Å²) >= 11 is 12.0. The Morgan fingerprint density at radius 2 is 1.90 bits per heavy atom. The van der Waals surface area contributed by atoms with Crippen molar-refractivity contribution in [2.24, 2.45) is 5.11 Å². The van der Waals surface area contributed by atoms with Gasteiger partial charge in [-0.1, -0.05) is 34.4 Å². The van der Waals surface area contributed by atoms with E-state index >= 15 is 0 Å². The summed E-state index contributed by atoms with van der Waals surface area (Å²) in [6, 6.07) is 3.13. The number of nitrogens with zero attached hydrogens (tertiary/aromatic N) is 3. The van der Waals surface area contributed by atoms with Gasteiger partial charge in [0, 0.05) is 20.5 Å². The molecule has 0 radical (unpaired) electrons. The Hall–Kier alpha value is -1.46. The van der Waals surface area contributed by atoms with Crippen molar-refractivity contribution in [1.82, 2.24) is 0 Å². The molecule has 0 aromatic heterocycles. The van der Waals surface area contributed by atoms with E-state index in [0.29, 0.717) is 0 Å². The van der Waals surface area contributed by atoms with Crippen LogP contribution >= 0.6 is 23.2 Å². The number of esters is 1. The Kier molecular flexibility index (Phi) is 5.87. The van der Waals surface area contributed by atoms with E-state index in [0.717, 1.165) is 0 Å². The number of carbonyl (C=O) groups is 1. The Bertz CT molecular complexity index is 560. The summed E-state index contributed by atoms with van der Waals surface area (Å²) < 4.78 is 5.12. The summed E-state index contributed by atoms with van der Waals surface area (Å²) in [4.78, 5) is 14.6. The lowest BCUT2D eigenvalue weighted by atomic mass is 10.0. The summed E-state index contributed by atoms with van der Waals surface area (Å²) in [6.45, 7) is 4.98. The monoisotopic (exact) mass is 331 g/mol. The third kappa shape index (κ3) is 4.79. The van der Waals surface area contributed by atoms with Gasteiger partial charge in [0.15, 0.2) is 6.04 Å². The van der Waals surface area contributed by atoms with Crippen LogP contribution in [0.25, 0.3) is 10.4 Å². The predicted octanol–water partition coefficient (Wildman–Crippen LogP) is 4.05. The molecule has 0 fully saturated rings. The average molecular weight is 332 g/mol. The van der Waals surface area contributed by atoms with Gasteiger partial charge in [-0.15, -0.1) is 0 Å². The van der Waals surface area contributed by atoms with E-state index in [-0.39, 0.29) is 15.6 Å². The molecule has 0 aliphatic carbocycles. The molecule has 1 rings (SSSR count). The van der Waals surface area contributed by atoms with E-state index < -0.39 is 23.7 Å². The van der Waals surface area contributed by atoms with Crippen molar-refractivity contribution in [3.8, 4) is 0 Å². The number of ether oxygens (including phenoxy) is 1. The molecule has 0 saturated heterocycles. The molecule has 0 spiro atoms. The highest BCUT2D eigenvalue weighted by atomic mass is 35.5. The maximum Gasteiger partial charge on any atom is 0.318 e. The molecule has 6 nitrogen and oxygen atoms in total. The van der Waals surface area contributed by atoms with Crippen LogP contribution in [0.15, 0.2) is 23.3 Å². The van der Waals surface area contributed by atoms with E-state index in [1.165, 1.54) is 12.1 Å². The number of hydrogen-bond acceptors (Lipinski definition) is 4. The van der Waals surface area contributed by atoms with E-state index in [2.05, 4.69) is 10.0 Å². The Morgan fingerprint density at radius 3 is 2.33 bits per heavy atom. The minimum atomic E-state index is -1.50. The van der Waals surface area contributed by atoms with Gasteiger partial charge >= 0.3 is 5.97 Å². The topological polar surface area (TPSA) is 95.3 Å². The van der Waals surface area contributed by atoms with Gasteiger partial charge in [-0.2, -0.15) is 0 Å². The van der Waals surface area contributed by atoms with Crippen LogP contribution in [0.4, 0.5) is 0 Å². The van der Waals surface area contributed by atoms with E-state index in [1.807, 2.05) is 0 Å². The first-order valence-electron chi connectivity index (χ1n) is 6.06. The summed E-state index contributed by atoms with van der Waals surface area (Å²) in [7, 11) is 0. The van der Waals surface area contributed by atoms with Gasteiger partial charge in [-0.25, -0.2) is 0 Å². The summed E-state index contributed by atoms with van der Waals surface area (Å²) in [5.74, 6) is -0.858. The summed E-state index contributed by atoms with van der Waals surface area (Å²) in [5, 5.41) is 13.9. The van der Waals surface area contributed by atoms with Crippen LogP contribution in [0.5, 0.6) is 0 Å². The van der Waals surface area contributed by atoms with Crippen molar-refractivity contribution in [3.63, 3.8) is 0 Å². The van der Waals surface area contributed by atoms with Crippen LogP contribution in [0.1, 0.15) is 32.4 Å². The van der Waals surface area contributed by atoms with Crippen LogP contribution in [0.3, 0.4) is 0 Å². The fourth-order valence-corrected chi connectivity index (χ4v) is 2.23. The van der Waals surface area contributed by atoms with Gasteiger partial charge in [0.25, 0.3) is 0 Å². The second-order valence-corrected chi connectivity index (χ2v) is 6.08. The van der Waals surface area contributed by atoms with Crippen molar-refractivity contribution in [1.29, 1.82) is 0 Å². The zero-order valence-electron chi connectivity index (χ0n) is 11.7. The molecule has 1 N–H and O–H groups in total. The lowest BCUT2D eigenvalue weighted by Crippen LogP contribution is -2.34. The zero-order chi connectivity index (χ0) is 16.2. The molecular weight excluding hydrogens is 317 g/mol. The first kappa shape index (κ1) is 17.6. The van der Waals surface area contributed by atoms with Crippen LogP contribution in [0.2, 0.25) is 10.0 Å². The molecule has 8 heteroatoms. The van der Waals surface area contributed by atoms with Crippen molar-refractivity contribution >= 4 is 29.2 Å². The Morgan fingerprint density at radius 1 is 1.38 bits per heavy atom. The zero-order valence-corrected chi connectivity index (χ0v) is 13.3. The summed E-state index contributed by atoms with van der Waals surface area (Å²) in [5.41, 5.74) is 7.92. The predicted molar refractivity (Wildman–Crippen MR) is 80.2 cm³/mol. The maximum atomic E-state index is 12.1. The maximum absolute atomic E-state index is 12.1. The molecule has 114 valence electrons. The van der Waals surface area contributed by atoms with Crippen molar-refractivity contribution in [3.05, 3.63) is 44.3 Å². The minimum Gasteiger partial charge on any atom is -0.460 e. The van der Waals surface area contributed by atoms with Gasteiger partial charge in [-0.05, 0) is 38.4 Å². The first-order chi connectivity index (χ1) is 9.67. The highest BCUT2D eigenvalue weighted by Gasteiger charge is 2.33. The van der Waals surface area contributed by atoms with Crippen LogP contribution in [-0.2, 0) is 9.53 Å². The fraction of sp³-hybridized carbons (Fsp3) is 0.462. The fourth-order valence-electron chi connectivity index (χ4n) is 1.61. The minimum absolute atomic E-state index is 0.115. The largest absolute Gasteiger partial charge is 0.460 e. The number of carbonyl (C=O) groups excluding carboxylic acids is 1. The molecule has 0 aliphatic heterocycles. The highest BCUT2D eigenvalue weighted by molar-refractivity contribution is 6.36. The van der Waals surface area contributed by atoms with Crippen molar-refractivity contribution in [2.75, 3.05) is 0 Å². The number of rotatable bonds is 4. The van der Waals surface area contributed by atoms with Gasteiger partial charge < -0.3 is 9.84 Å². The molecule has 21 heavy (non-hydrogen) atoms. The third-order valence-corrected chi connectivity index (χ3v) is 3.08. The van der Waals surface area contributed by atoms with E-state index in [9.17, 15) is 9.90 Å². The van der Waals surface area contributed by atoms with E-state index in [1.54, 1.807) is 26.8 Å². The number of aliphatic hydroxyl groups excluding tert-OH is 1. The van der Waals surface area contributed by atoms with Crippen LogP contribution in [0, 0.1) is 0 Å². The van der Waals surface area contributed by atoms with Crippen molar-refractivity contribution in [2.45, 2.75) is 38.5 Å². The molecule has 0 unspecified atom stereocenters. The number of azide groups is 1. The third-order valence-electron chi connectivity index (χ3n) is 2.42. The SMILES string of the molecule is CC(C)(C)OC(=O)[C@@H](N=[N+]=[N-])[C@H](O)c1c(Cl)cccc1Cl. The lowest BCUT2D eigenvalue weighted by molar-refractivity contribution is -0.159. The molecule has 0 aliphatic rings. The number of aliphatic hydroxyl groups is 1. The quantitative estimate of drug-likeness (QED) is 0.390. The smallest absolute Gasteiger partial charge is 0.318 e. The molecule has 0 saturated carbocycles. The van der Waals surface area contributed by atoms with Gasteiger partial charge in [-0.3, -0.25) is 4.79 Å². The molecule has 1 aromatic carbocycles. The lowest BCUT2D eigenvalue weighted by Gasteiger charge is -2.25. The van der Waals surface area contributed by atoms with Gasteiger partial charge in [0.1, 0.15) is 11.7 Å². The van der Waals surface area contributed by atoms with E-state index in [4.69, 9.17) is 33.5 Å². The standard InChI is InChI=1S/C13H15Cl2N3O3/c1-13(2,3)21-12(20)10(17-18-16)11(19)9-7(14)5-4-6-8(9)15/h4-6,10-11,19H,1-3H3/t10-,11+/m0/s1. The number of benzene rings is 1. The molecule has 0 heterocycles.